The molecule has 78 valence electrons. The fraction of sp³-hybridized carbons (Fsp3) is 0.455. The Morgan fingerprint density at radius 1 is 1.29 bits per heavy atom. The predicted octanol–water partition coefficient (Wildman–Crippen LogP) is 3.51. The molecular formula is C11H15ClIN. The van der Waals surface area contributed by atoms with Crippen molar-refractivity contribution in [3.05, 3.63) is 33.4 Å². The van der Waals surface area contributed by atoms with Crippen LogP contribution in [0.2, 0.25) is 0 Å². The summed E-state index contributed by atoms with van der Waals surface area (Å²) in [5.41, 5.74) is 7.37. The Kier molecular flexibility index (Phi) is 4.67. The molecule has 0 unspecified atom stereocenters. The molecule has 1 aliphatic carbocycles. The van der Waals surface area contributed by atoms with Crippen LogP contribution in [0.5, 0.6) is 0 Å². The van der Waals surface area contributed by atoms with Crippen LogP contribution in [0.3, 0.4) is 0 Å². The molecule has 0 amide bonds. The Morgan fingerprint density at radius 3 is 2.36 bits per heavy atom. The molecule has 0 saturated heterocycles. The Balaban J connectivity index is 0.000000980. The van der Waals surface area contributed by atoms with Gasteiger partial charge >= 0.3 is 0 Å². The Bertz CT molecular complexity index is 282. The van der Waals surface area contributed by atoms with Gasteiger partial charge in [-0.15, -0.1) is 12.4 Å². The van der Waals surface area contributed by atoms with Gasteiger partial charge in [0.15, 0.2) is 0 Å². The third-order valence-corrected chi connectivity index (χ3v) is 3.30. The van der Waals surface area contributed by atoms with E-state index in [4.69, 9.17) is 5.73 Å². The van der Waals surface area contributed by atoms with Crippen LogP contribution in [0, 0.1) is 9.49 Å². The molecular weight excluding hydrogens is 308 g/mol. The van der Waals surface area contributed by atoms with Crippen LogP contribution in [0.15, 0.2) is 24.3 Å². The number of halogens is 2. The monoisotopic (exact) mass is 323 g/mol. The largest absolute Gasteiger partial charge is 0.324 e. The molecule has 1 fully saturated rings. The summed E-state index contributed by atoms with van der Waals surface area (Å²) < 4.78 is 1.28. The number of hydrogen-bond acceptors (Lipinski definition) is 1. The van der Waals surface area contributed by atoms with Gasteiger partial charge < -0.3 is 5.73 Å². The molecule has 0 bridgehead atoms. The van der Waals surface area contributed by atoms with Crippen molar-refractivity contribution in [1.82, 2.24) is 0 Å². The first-order valence-corrected chi connectivity index (χ1v) is 5.84. The highest BCUT2D eigenvalue weighted by molar-refractivity contribution is 14.1. The summed E-state index contributed by atoms with van der Waals surface area (Å²) in [5.74, 6) is 0.911. The number of nitrogens with two attached hydrogens (primary N) is 1. The van der Waals surface area contributed by atoms with E-state index in [1.165, 1.54) is 28.4 Å². The summed E-state index contributed by atoms with van der Waals surface area (Å²) in [6.07, 6.45) is 3.94. The zero-order valence-electron chi connectivity index (χ0n) is 7.95. The molecule has 2 rings (SSSR count). The normalized spacial score (nSPS) is 17.3. The van der Waals surface area contributed by atoms with Gasteiger partial charge in [-0.25, -0.2) is 0 Å². The maximum atomic E-state index is 6.08. The molecule has 2 N–H and O–H groups in total. The highest BCUT2D eigenvalue weighted by atomic mass is 127. The predicted molar refractivity (Wildman–Crippen MR) is 70.7 cm³/mol. The van der Waals surface area contributed by atoms with E-state index in [-0.39, 0.29) is 18.4 Å². The van der Waals surface area contributed by atoms with Crippen molar-refractivity contribution in [3.8, 4) is 0 Å². The lowest BCUT2D eigenvalue weighted by Crippen LogP contribution is -2.10. The summed E-state index contributed by atoms with van der Waals surface area (Å²) in [5, 5.41) is 0. The van der Waals surface area contributed by atoms with E-state index < -0.39 is 0 Å². The molecule has 1 saturated carbocycles. The standard InChI is InChI=1S/C11H14IN.ClH/c12-10-5-3-9(4-6-10)11(13)7-8-1-2-8;/h3-6,8,11H,1-2,7,13H2;1H/t11-;/m0./s1. The molecule has 1 atom stereocenters. The molecule has 0 aromatic heterocycles. The van der Waals surface area contributed by atoms with Crippen molar-refractivity contribution >= 4 is 35.0 Å². The second-order valence-electron chi connectivity index (χ2n) is 3.84. The minimum Gasteiger partial charge on any atom is -0.324 e. The zero-order valence-corrected chi connectivity index (χ0v) is 10.9. The van der Waals surface area contributed by atoms with Gasteiger partial charge in [-0.1, -0.05) is 25.0 Å². The lowest BCUT2D eigenvalue weighted by molar-refractivity contribution is 0.597. The molecule has 1 aromatic carbocycles. The van der Waals surface area contributed by atoms with Gasteiger partial charge in [-0.3, -0.25) is 0 Å². The van der Waals surface area contributed by atoms with Crippen molar-refractivity contribution < 1.29 is 0 Å². The lowest BCUT2D eigenvalue weighted by Gasteiger charge is -2.10. The third-order valence-electron chi connectivity index (χ3n) is 2.58. The van der Waals surface area contributed by atoms with E-state index in [9.17, 15) is 0 Å². The first kappa shape index (κ1) is 12.3. The maximum absolute atomic E-state index is 6.08. The Morgan fingerprint density at radius 2 is 1.86 bits per heavy atom. The third kappa shape index (κ3) is 3.41. The number of rotatable bonds is 3. The van der Waals surface area contributed by atoms with E-state index in [1.807, 2.05) is 0 Å². The lowest BCUT2D eigenvalue weighted by atomic mass is 10.0. The van der Waals surface area contributed by atoms with Gasteiger partial charge in [0, 0.05) is 9.61 Å². The van der Waals surface area contributed by atoms with Crippen molar-refractivity contribution in [3.63, 3.8) is 0 Å². The second kappa shape index (κ2) is 5.33. The van der Waals surface area contributed by atoms with Gasteiger partial charge in [-0.2, -0.15) is 0 Å². The van der Waals surface area contributed by atoms with Crippen molar-refractivity contribution in [2.24, 2.45) is 11.7 Å². The molecule has 0 heterocycles. The highest BCUT2D eigenvalue weighted by Gasteiger charge is 2.24. The van der Waals surface area contributed by atoms with E-state index in [1.54, 1.807) is 0 Å². The molecule has 0 spiro atoms. The van der Waals surface area contributed by atoms with Crippen LogP contribution in [0.4, 0.5) is 0 Å². The fourth-order valence-corrected chi connectivity index (χ4v) is 1.92. The van der Waals surface area contributed by atoms with Crippen molar-refractivity contribution in [2.75, 3.05) is 0 Å². The van der Waals surface area contributed by atoms with Crippen molar-refractivity contribution in [2.45, 2.75) is 25.3 Å². The Hall–Kier alpha value is 0.200. The second-order valence-corrected chi connectivity index (χ2v) is 5.08. The van der Waals surface area contributed by atoms with Gasteiger partial charge in [0.05, 0.1) is 0 Å². The average molecular weight is 324 g/mol. The van der Waals surface area contributed by atoms with Gasteiger partial charge in [0.25, 0.3) is 0 Å². The smallest absolute Gasteiger partial charge is 0.0297 e. The molecule has 14 heavy (non-hydrogen) atoms. The minimum absolute atomic E-state index is 0. The van der Waals surface area contributed by atoms with Crippen LogP contribution >= 0.6 is 35.0 Å². The van der Waals surface area contributed by atoms with E-state index in [0.717, 1.165) is 5.92 Å². The number of hydrogen-bond donors (Lipinski definition) is 1. The summed E-state index contributed by atoms with van der Waals surface area (Å²) >= 11 is 2.32. The zero-order chi connectivity index (χ0) is 9.26. The van der Waals surface area contributed by atoms with Crippen LogP contribution in [-0.4, -0.2) is 0 Å². The van der Waals surface area contributed by atoms with Gasteiger partial charge in [0.1, 0.15) is 0 Å². The quantitative estimate of drug-likeness (QED) is 0.846. The van der Waals surface area contributed by atoms with Crippen molar-refractivity contribution in [1.29, 1.82) is 0 Å². The molecule has 1 aromatic rings. The fourth-order valence-electron chi connectivity index (χ4n) is 1.56. The highest BCUT2D eigenvalue weighted by Crippen LogP contribution is 2.36. The van der Waals surface area contributed by atoms with E-state index in [2.05, 4.69) is 46.9 Å². The van der Waals surface area contributed by atoms with Crippen LogP contribution in [0.1, 0.15) is 30.9 Å². The SMILES string of the molecule is Cl.N[C@@H](CC1CC1)c1ccc(I)cc1. The maximum Gasteiger partial charge on any atom is 0.0297 e. The van der Waals surface area contributed by atoms with Gasteiger partial charge in [-0.05, 0) is 52.6 Å². The van der Waals surface area contributed by atoms with Crippen LogP contribution < -0.4 is 5.73 Å². The minimum atomic E-state index is 0. The molecule has 3 heteroatoms. The van der Waals surface area contributed by atoms with Crippen LogP contribution in [0.25, 0.3) is 0 Å². The molecule has 0 aliphatic heterocycles. The summed E-state index contributed by atoms with van der Waals surface area (Å²) in [7, 11) is 0. The summed E-state index contributed by atoms with van der Waals surface area (Å²) in [4.78, 5) is 0. The van der Waals surface area contributed by atoms with Crippen LogP contribution in [-0.2, 0) is 0 Å². The van der Waals surface area contributed by atoms with E-state index >= 15 is 0 Å². The summed E-state index contributed by atoms with van der Waals surface area (Å²) in [6, 6.07) is 8.80. The van der Waals surface area contributed by atoms with E-state index in [0.29, 0.717) is 0 Å². The Labute approximate surface area is 105 Å². The molecule has 1 nitrogen and oxygen atoms in total. The molecule has 0 radical (unpaired) electrons. The first-order chi connectivity index (χ1) is 6.25. The van der Waals surface area contributed by atoms with Gasteiger partial charge in [0.2, 0.25) is 0 Å². The number of benzene rings is 1. The topological polar surface area (TPSA) is 26.0 Å². The first-order valence-electron chi connectivity index (χ1n) is 4.77. The molecule has 1 aliphatic rings. The average Bonchev–Trinajstić information content (AvgIpc) is 2.89. The summed E-state index contributed by atoms with van der Waals surface area (Å²) in [6.45, 7) is 0.